The van der Waals surface area contributed by atoms with Gasteiger partial charge in [0.2, 0.25) is 0 Å². The van der Waals surface area contributed by atoms with E-state index in [0.29, 0.717) is 6.10 Å². The van der Waals surface area contributed by atoms with Gasteiger partial charge in [0.15, 0.2) is 0 Å². The molecule has 0 saturated carbocycles. The molecule has 1 fully saturated rings. The third kappa shape index (κ3) is 26.0. The van der Waals surface area contributed by atoms with Crippen LogP contribution in [0, 0.1) is 6.92 Å². The molecular formula is C7H12F3ORf2-. The zero-order valence-electron chi connectivity index (χ0n) is 7.86. The molecule has 0 N–H and O–H groups in total. The summed E-state index contributed by atoms with van der Waals surface area (Å²) < 4.78 is 37.8. The summed E-state index contributed by atoms with van der Waals surface area (Å²) in [5.74, 6) is 0. The van der Waals surface area contributed by atoms with Crippen LogP contribution in [0.15, 0.2) is 0 Å². The first-order valence-corrected chi connectivity index (χ1v) is 3.47. The summed E-state index contributed by atoms with van der Waals surface area (Å²) in [6.45, 7) is 5.91. The molecule has 1 atom stereocenters. The maximum atomic E-state index is 11.1. The molecule has 0 spiro atoms. The summed E-state index contributed by atoms with van der Waals surface area (Å²) in [6, 6.07) is 0. The molecule has 1 saturated heterocycles. The molecule has 0 aromatic heterocycles. The molecule has 1 unspecified atom stereocenters. The van der Waals surface area contributed by atoms with Crippen molar-refractivity contribution in [3.8, 4) is 0 Å². The number of hydrogen-bond donors (Lipinski definition) is 0. The first kappa shape index (κ1) is 17.0. The molecule has 0 aliphatic carbocycles. The van der Waals surface area contributed by atoms with Crippen LogP contribution in [0.4, 0.5) is 13.2 Å². The summed E-state index contributed by atoms with van der Waals surface area (Å²) in [4.78, 5) is 0. The second-order valence-corrected chi connectivity index (χ2v) is 2.32. The van der Waals surface area contributed by atoms with E-state index < -0.39 is 12.6 Å². The van der Waals surface area contributed by atoms with Crippen molar-refractivity contribution in [2.45, 2.75) is 32.0 Å². The molecule has 1 heterocycles. The van der Waals surface area contributed by atoms with Gasteiger partial charge in [-0.3, -0.25) is 0 Å². The maximum Gasteiger partial charge on any atom is 0.389 e. The van der Waals surface area contributed by atoms with Crippen LogP contribution in [0.3, 0.4) is 0 Å². The normalized spacial score (nSPS) is 18.7. The first-order chi connectivity index (χ1) is 4.95. The third-order valence-electron chi connectivity index (χ3n) is 0.936. The molecule has 0 bridgehead atoms. The van der Waals surface area contributed by atoms with Gasteiger partial charge in [0.05, 0.1) is 0 Å². The topological polar surface area (TPSA) is 12.5 Å². The van der Waals surface area contributed by atoms with Crippen molar-refractivity contribution in [1.29, 1.82) is 0 Å². The second kappa shape index (κ2) is 6.46. The van der Waals surface area contributed by atoms with Crippen LogP contribution in [0.1, 0.15) is 19.8 Å². The Kier molecular flexibility index (Phi) is 8.45. The van der Waals surface area contributed by atoms with Crippen LogP contribution in [-0.2, 0) is 4.74 Å². The molecule has 6 heteroatoms. The van der Waals surface area contributed by atoms with Crippen molar-refractivity contribution >= 4 is 0 Å². The fraction of sp³-hybridized carbons (Fsp3) is 0.857. The van der Waals surface area contributed by atoms with Gasteiger partial charge in [0, 0.05) is 13.0 Å². The predicted octanol–water partition coefficient (Wildman–Crippen LogP) is 2.57. The Morgan fingerprint density at radius 3 is 1.69 bits per heavy atom. The van der Waals surface area contributed by atoms with E-state index >= 15 is 0 Å². The molecule has 1 nitrogen and oxygen atoms in total. The Hall–Kier alpha value is -2.25. The van der Waals surface area contributed by atoms with E-state index in [4.69, 9.17) is 0 Å². The van der Waals surface area contributed by atoms with E-state index in [1.807, 2.05) is 0 Å². The van der Waals surface area contributed by atoms with Gasteiger partial charge in [0.25, 0.3) is 0 Å². The Labute approximate surface area is 64.5 Å². The number of rotatable bonds is 1. The number of alkyl halides is 3. The fourth-order valence-electron chi connectivity index (χ4n) is 0.352. The predicted molar refractivity (Wildman–Crippen MR) is 36.1 cm³/mol. The minimum atomic E-state index is -3.95. The summed E-state index contributed by atoms with van der Waals surface area (Å²) in [5.41, 5.74) is 0. The van der Waals surface area contributed by atoms with E-state index in [2.05, 4.69) is 11.7 Å². The molecule has 0 aromatic rings. The molecule has 0 amide bonds. The molecular weight excluding hydrogens is 691 g/mol. The molecule has 1 aliphatic rings. The molecule has 13 heavy (non-hydrogen) atoms. The number of ether oxygens (including phenoxy) is 1. The second-order valence-electron chi connectivity index (χ2n) is 2.32. The minimum absolute atomic E-state index is 0. The van der Waals surface area contributed by atoms with Crippen molar-refractivity contribution in [3.63, 3.8) is 0 Å². The summed E-state index contributed by atoms with van der Waals surface area (Å²) in [6.07, 6.45) is -4.09. The van der Waals surface area contributed by atoms with Crippen LogP contribution < -0.4 is 0 Å². The van der Waals surface area contributed by atoms with E-state index in [0.717, 1.165) is 6.61 Å². The van der Waals surface area contributed by atoms with Gasteiger partial charge in [0.1, 0.15) is 0 Å². The van der Waals surface area contributed by atoms with Crippen LogP contribution in [0.5, 0.6) is 0 Å². The SMILES string of the molecule is CCCC(F)(F)F.[CH2-]C1CO1.[Rf].[Rf]. The van der Waals surface area contributed by atoms with Crippen molar-refractivity contribution in [3.05, 3.63) is 6.92 Å². The third-order valence-corrected chi connectivity index (χ3v) is 0.936. The summed E-state index contributed by atoms with van der Waals surface area (Å²) >= 11 is 0. The van der Waals surface area contributed by atoms with Gasteiger partial charge >= 0.3 is 6.18 Å². The van der Waals surface area contributed by atoms with Crippen molar-refractivity contribution in [2.75, 3.05) is 6.61 Å². The Bertz CT molecular complexity index is 104. The standard InChI is InChI=1S/C4H7F3.C3H5O.2Rf/c1-2-3-4(5,6)7;1-3-2-4-3;;/h2-3H2,1H3;3H,1-2H2;;/q;-1;;. The van der Waals surface area contributed by atoms with Crippen molar-refractivity contribution in [1.82, 2.24) is 0 Å². The van der Waals surface area contributed by atoms with E-state index in [-0.39, 0.29) is 6.42 Å². The Morgan fingerprint density at radius 2 is 1.69 bits per heavy atom. The molecule has 1 rings (SSSR count). The monoisotopic (exact) mass is 703 g/mol. The fourth-order valence-corrected chi connectivity index (χ4v) is 0.352. The summed E-state index contributed by atoms with van der Waals surface area (Å²) in [7, 11) is 0. The largest absolute Gasteiger partial charge is 0.408 e. The van der Waals surface area contributed by atoms with Gasteiger partial charge in [-0.15, -0.1) is 0 Å². The quantitative estimate of drug-likeness (QED) is 0.303. The van der Waals surface area contributed by atoms with E-state index in [9.17, 15) is 13.2 Å². The van der Waals surface area contributed by atoms with Crippen LogP contribution in [0.25, 0.3) is 0 Å². The molecule has 0 radical (unpaired) electrons. The number of hydrogen-bond acceptors (Lipinski definition) is 1. The Morgan fingerprint density at radius 1 is 1.38 bits per heavy atom. The van der Waals surface area contributed by atoms with E-state index in [1.54, 1.807) is 0 Å². The van der Waals surface area contributed by atoms with E-state index in [1.165, 1.54) is 6.92 Å². The molecule has 1 aliphatic heterocycles. The van der Waals surface area contributed by atoms with Crippen molar-refractivity contribution < 1.29 is 17.9 Å². The zero-order valence-corrected chi connectivity index (χ0v) is 20.7. The molecule has 0 aromatic carbocycles. The van der Waals surface area contributed by atoms with Gasteiger partial charge in [-0.05, 0) is 12.5 Å². The van der Waals surface area contributed by atoms with Gasteiger partial charge in [-0.25, -0.2) is 0 Å². The van der Waals surface area contributed by atoms with Crippen LogP contribution >= 0.6 is 0 Å². The average Bonchev–Trinajstić information content (AvgIpc) is 2.48. The van der Waals surface area contributed by atoms with Gasteiger partial charge in [-0.1, -0.05) is 6.92 Å². The summed E-state index contributed by atoms with van der Waals surface area (Å²) in [5, 5.41) is 0. The number of epoxide rings is 1. The van der Waals surface area contributed by atoms with Gasteiger partial charge < -0.3 is 11.7 Å². The zero-order chi connectivity index (χ0) is 8.91. The first-order valence-electron chi connectivity index (χ1n) is 3.47. The Balaban J connectivity index is -0.000000144. The average molecular weight is 703 g/mol. The number of halogens is 3. The molecule has 72 valence electrons. The maximum absolute atomic E-state index is 11.1. The van der Waals surface area contributed by atoms with Crippen molar-refractivity contribution in [2.24, 2.45) is 0 Å². The van der Waals surface area contributed by atoms with Crippen LogP contribution in [0.2, 0.25) is 0 Å². The van der Waals surface area contributed by atoms with Gasteiger partial charge in [-0.2, -0.15) is 13.2 Å². The minimum Gasteiger partial charge on any atom is -0.408 e. The van der Waals surface area contributed by atoms with Crippen LogP contribution in [-0.4, -0.2) is 18.9 Å². The smallest absolute Gasteiger partial charge is 0.389 e.